The Bertz CT molecular complexity index is 1320. The van der Waals surface area contributed by atoms with Crippen molar-refractivity contribution in [1.82, 2.24) is 5.32 Å². The molecule has 4 aromatic rings. The van der Waals surface area contributed by atoms with Crippen LogP contribution < -0.4 is 16.4 Å². The van der Waals surface area contributed by atoms with Gasteiger partial charge >= 0.3 is 6.09 Å². The summed E-state index contributed by atoms with van der Waals surface area (Å²) in [6, 6.07) is 31.7. The first-order chi connectivity index (χ1) is 18.1. The zero-order chi connectivity index (χ0) is 26.0. The molecule has 0 saturated heterocycles. The smallest absolute Gasteiger partial charge is 0.408 e. The van der Waals surface area contributed by atoms with Gasteiger partial charge in [-0.1, -0.05) is 97.9 Å². The van der Waals surface area contributed by atoms with Gasteiger partial charge in [0.25, 0.3) is 5.91 Å². The highest BCUT2D eigenvalue weighted by molar-refractivity contribution is 5.97. The number of anilines is 1. The molecule has 4 rings (SSSR count). The van der Waals surface area contributed by atoms with E-state index in [2.05, 4.69) is 41.8 Å². The molecule has 6 nitrogen and oxygen atoms in total. The van der Waals surface area contributed by atoms with Crippen molar-refractivity contribution < 1.29 is 14.3 Å². The second kappa shape index (κ2) is 12.5. The topological polar surface area (TPSA) is 93.4 Å². The molecule has 188 valence electrons. The fourth-order valence-electron chi connectivity index (χ4n) is 3.97. The van der Waals surface area contributed by atoms with Crippen LogP contribution in [0.3, 0.4) is 0 Å². The van der Waals surface area contributed by atoms with E-state index in [0.29, 0.717) is 17.8 Å². The number of hydrogen-bond acceptors (Lipinski definition) is 4. The van der Waals surface area contributed by atoms with E-state index >= 15 is 0 Å². The first-order valence-electron chi connectivity index (χ1n) is 12.3. The summed E-state index contributed by atoms with van der Waals surface area (Å²) in [5.74, 6) is -0.383. The monoisotopic (exact) mass is 493 g/mol. The molecule has 0 radical (unpaired) electrons. The van der Waals surface area contributed by atoms with Crippen molar-refractivity contribution in [1.29, 1.82) is 0 Å². The first kappa shape index (κ1) is 25.7. The van der Waals surface area contributed by atoms with Gasteiger partial charge in [-0.3, -0.25) is 4.79 Å². The molecule has 0 heterocycles. The van der Waals surface area contributed by atoms with E-state index in [1.807, 2.05) is 72.8 Å². The van der Waals surface area contributed by atoms with Gasteiger partial charge in [0.15, 0.2) is 0 Å². The van der Waals surface area contributed by atoms with Gasteiger partial charge in [-0.25, -0.2) is 4.79 Å². The van der Waals surface area contributed by atoms with Crippen molar-refractivity contribution >= 4 is 17.7 Å². The van der Waals surface area contributed by atoms with Crippen molar-refractivity contribution in [3.8, 4) is 11.1 Å². The Hall–Kier alpha value is -4.42. The van der Waals surface area contributed by atoms with Gasteiger partial charge in [0.05, 0.1) is 0 Å². The lowest BCUT2D eigenvalue weighted by molar-refractivity contribution is -0.118. The van der Waals surface area contributed by atoms with Gasteiger partial charge in [0, 0.05) is 12.2 Å². The van der Waals surface area contributed by atoms with E-state index in [4.69, 9.17) is 10.5 Å². The van der Waals surface area contributed by atoms with Crippen molar-refractivity contribution in [2.75, 3.05) is 5.32 Å². The summed E-state index contributed by atoms with van der Waals surface area (Å²) in [6.07, 6.45) is 0.301. The lowest BCUT2D eigenvalue weighted by Gasteiger charge is -2.19. The number of amides is 2. The third-order valence-electron chi connectivity index (χ3n) is 6.11. The number of alkyl carbamates (subject to hydrolysis) is 1. The molecule has 0 bridgehead atoms. The van der Waals surface area contributed by atoms with E-state index < -0.39 is 12.1 Å². The van der Waals surface area contributed by atoms with E-state index in [0.717, 1.165) is 28.7 Å². The fourth-order valence-corrected chi connectivity index (χ4v) is 3.97. The van der Waals surface area contributed by atoms with Gasteiger partial charge in [-0.15, -0.1) is 0 Å². The van der Waals surface area contributed by atoms with Crippen LogP contribution in [0.15, 0.2) is 103 Å². The molecule has 0 aliphatic rings. The van der Waals surface area contributed by atoms with E-state index in [1.165, 1.54) is 5.56 Å². The zero-order valence-corrected chi connectivity index (χ0v) is 20.8. The molecule has 0 aliphatic heterocycles. The Morgan fingerprint density at radius 1 is 0.784 bits per heavy atom. The number of ether oxygens (including phenoxy) is 1. The predicted octanol–water partition coefficient (Wildman–Crippen LogP) is 5.98. The average molecular weight is 494 g/mol. The highest BCUT2D eigenvalue weighted by Gasteiger charge is 2.24. The summed E-state index contributed by atoms with van der Waals surface area (Å²) in [5, 5.41) is 5.62. The molecule has 1 atom stereocenters. The Morgan fingerprint density at radius 2 is 1.43 bits per heavy atom. The lowest BCUT2D eigenvalue weighted by atomic mass is 9.99. The van der Waals surface area contributed by atoms with Crippen LogP contribution in [0.25, 0.3) is 11.1 Å². The number of carbonyl (C=O) groups is 2. The van der Waals surface area contributed by atoms with Crippen molar-refractivity contribution in [3.63, 3.8) is 0 Å². The van der Waals surface area contributed by atoms with E-state index in [9.17, 15) is 9.59 Å². The zero-order valence-electron chi connectivity index (χ0n) is 20.8. The minimum atomic E-state index is -0.957. The maximum absolute atomic E-state index is 13.3. The summed E-state index contributed by atoms with van der Waals surface area (Å²) in [7, 11) is 0. The molecule has 4 aromatic carbocycles. The Balaban J connectivity index is 1.53. The standard InChI is InChI=1S/C31H31N3O3/c1-2-22-11-13-25(14-12-22)26-15-17-27(18-16-26)29(30(35)33-28-10-6-9-24(19-28)20-32)34-31(36)37-21-23-7-4-3-5-8-23/h3-19,29H,2,20-21,32H2,1H3,(H,33,35)(H,34,36)/t29-/m1/s1. The maximum atomic E-state index is 13.3. The average Bonchev–Trinajstić information content (AvgIpc) is 2.95. The minimum absolute atomic E-state index is 0.103. The van der Waals surface area contributed by atoms with Gasteiger partial charge < -0.3 is 21.1 Å². The van der Waals surface area contributed by atoms with Crippen LogP contribution in [0.5, 0.6) is 0 Å². The van der Waals surface area contributed by atoms with Crippen LogP contribution in [0.2, 0.25) is 0 Å². The third-order valence-corrected chi connectivity index (χ3v) is 6.11. The second-order valence-electron chi connectivity index (χ2n) is 8.71. The fraction of sp³-hybridized carbons (Fsp3) is 0.161. The molecule has 2 amide bonds. The van der Waals surface area contributed by atoms with Crippen LogP contribution in [0.4, 0.5) is 10.5 Å². The summed E-state index contributed by atoms with van der Waals surface area (Å²) in [6.45, 7) is 2.59. The molecule has 0 saturated carbocycles. The van der Waals surface area contributed by atoms with Crippen LogP contribution in [0.1, 0.15) is 35.2 Å². The number of nitrogens with two attached hydrogens (primary N) is 1. The molecule has 4 N–H and O–H groups in total. The van der Waals surface area contributed by atoms with Crippen molar-refractivity contribution in [2.45, 2.75) is 32.5 Å². The van der Waals surface area contributed by atoms with Crippen molar-refractivity contribution in [3.05, 3.63) is 125 Å². The Labute approximate surface area is 217 Å². The molecule has 37 heavy (non-hydrogen) atoms. The van der Waals surface area contributed by atoms with Crippen LogP contribution >= 0.6 is 0 Å². The molecular formula is C31H31N3O3. The normalized spacial score (nSPS) is 11.4. The first-order valence-corrected chi connectivity index (χ1v) is 12.3. The molecule has 0 aromatic heterocycles. The van der Waals surface area contributed by atoms with Crippen LogP contribution in [-0.4, -0.2) is 12.0 Å². The second-order valence-corrected chi connectivity index (χ2v) is 8.71. The quantitative estimate of drug-likeness (QED) is 0.267. The van der Waals surface area contributed by atoms with Crippen molar-refractivity contribution in [2.24, 2.45) is 5.73 Å². The van der Waals surface area contributed by atoms with E-state index in [-0.39, 0.29) is 12.5 Å². The molecular weight excluding hydrogens is 462 g/mol. The summed E-state index contributed by atoms with van der Waals surface area (Å²) >= 11 is 0. The maximum Gasteiger partial charge on any atom is 0.408 e. The number of aryl methyl sites for hydroxylation is 1. The summed E-state index contributed by atoms with van der Waals surface area (Å²) < 4.78 is 5.39. The minimum Gasteiger partial charge on any atom is -0.445 e. The highest BCUT2D eigenvalue weighted by Crippen LogP contribution is 2.24. The van der Waals surface area contributed by atoms with Gasteiger partial charge in [0.1, 0.15) is 12.6 Å². The number of benzene rings is 4. The number of hydrogen-bond donors (Lipinski definition) is 3. The van der Waals surface area contributed by atoms with Gasteiger partial charge in [-0.05, 0) is 51.9 Å². The third kappa shape index (κ3) is 7.06. The number of rotatable bonds is 9. The molecule has 0 unspecified atom stereocenters. The molecule has 6 heteroatoms. The van der Waals surface area contributed by atoms with Gasteiger partial charge in [-0.2, -0.15) is 0 Å². The highest BCUT2D eigenvalue weighted by atomic mass is 16.5. The Morgan fingerprint density at radius 3 is 2.08 bits per heavy atom. The summed E-state index contributed by atoms with van der Waals surface area (Å²) in [5.41, 5.74) is 12.1. The Kier molecular flexibility index (Phi) is 8.68. The van der Waals surface area contributed by atoms with E-state index in [1.54, 1.807) is 6.07 Å². The number of carbonyl (C=O) groups excluding carboxylic acids is 2. The lowest BCUT2D eigenvalue weighted by Crippen LogP contribution is -2.37. The molecule has 0 fully saturated rings. The summed E-state index contributed by atoms with van der Waals surface area (Å²) in [4.78, 5) is 26.0. The largest absolute Gasteiger partial charge is 0.445 e. The van der Waals surface area contributed by atoms with Gasteiger partial charge in [0.2, 0.25) is 0 Å². The SMILES string of the molecule is CCc1ccc(-c2ccc([C@@H](NC(=O)OCc3ccccc3)C(=O)Nc3cccc(CN)c3)cc2)cc1. The van der Waals surface area contributed by atoms with Crippen LogP contribution in [-0.2, 0) is 29.1 Å². The van der Waals surface area contributed by atoms with Crippen LogP contribution in [0, 0.1) is 0 Å². The predicted molar refractivity (Wildman–Crippen MR) is 147 cm³/mol. The molecule has 0 spiro atoms. The molecule has 0 aliphatic carbocycles. The number of nitrogens with one attached hydrogen (secondary N) is 2.